The van der Waals surface area contributed by atoms with Crippen molar-refractivity contribution in [3.63, 3.8) is 0 Å². The molecule has 0 radical (unpaired) electrons. The molecule has 3 rings (SSSR count). The number of nitrogens with two attached hydrogens (primary N) is 1. The van der Waals surface area contributed by atoms with E-state index in [2.05, 4.69) is 0 Å². The number of fused-ring (bicyclic) bond motifs is 1. The van der Waals surface area contributed by atoms with Gasteiger partial charge in [-0.1, -0.05) is 36.4 Å². The number of hydrogen-bond acceptors (Lipinski definition) is 5. The van der Waals surface area contributed by atoms with Gasteiger partial charge in [0.2, 0.25) is 5.91 Å². The van der Waals surface area contributed by atoms with Gasteiger partial charge in [0.05, 0.1) is 13.0 Å². The van der Waals surface area contributed by atoms with Crippen LogP contribution in [0.2, 0.25) is 0 Å². The van der Waals surface area contributed by atoms with Crippen LogP contribution in [0.1, 0.15) is 6.42 Å². The zero-order chi connectivity index (χ0) is 19.2. The molecule has 0 aliphatic carbocycles. The van der Waals surface area contributed by atoms with E-state index >= 15 is 0 Å². The summed E-state index contributed by atoms with van der Waals surface area (Å²) in [5.74, 6) is 4.16. The van der Waals surface area contributed by atoms with Crippen molar-refractivity contribution in [2.45, 2.75) is 6.42 Å². The summed E-state index contributed by atoms with van der Waals surface area (Å²) in [7, 11) is 0. The molecule has 27 heavy (non-hydrogen) atoms. The summed E-state index contributed by atoms with van der Waals surface area (Å²) in [6, 6.07) is 13.7. The Morgan fingerprint density at radius 2 is 1.63 bits per heavy atom. The minimum absolute atomic E-state index is 0.0365. The van der Waals surface area contributed by atoms with E-state index in [9.17, 15) is 14.4 Å². The number of amides is 3. The van der Waals surface area contributed by atoms with Gasteiger partial charge in [-0.2, -0.15) is 0 Å². The topological polar surface area (TPSA) is 105 Å². The maximum Gasteiger partial charge on any atom is 0.323 e. The molecule has 1 aliphatic heterocycles. The molecule has 2 aromatic carbocycles. The van der Waals surface area contributed by atoms with Crippen LogP contribution in [-0.2, 0) is 14.4 Å². The number of hydrazine groups is 1. The zero-order valence-corrected chi connectivity index (χ0v) is 14.9. The Bertz CT molecular complexity index is 841. The lowest BCUT2D eigenvalue weighted by Gasteiger charge is -2.34. The van der Waals surface area contributed by atoms with Crippen LogP contribution in [0.4, 0.5) is 0 Å². The molecule has 0 atom stereocenters. The molecule has 2 aromatic rings. The predicted octanol–water partition coefficient (Wildman–Crippen LogP) is 0.269. The third-order valence-corrected chi connectivity index (χ3v) is 4.57. The van der Waals surface area contributed by atoms with E-state index < -0.39 is 11.8 Å². The van der Waals surface area contributed by atoms with Crippen LogP contribution in [0.5, 0.6) is 5.75 Å². The van der Waals surface area contributed by atoms with Crippen molar-refractivity contribution in [1.82, 2.24) is 15.2 Å². The Hall–Kier alpha value is -3.13. The first-order valence-corrected chi connectivity index (χ1v) is 8.78. The summed E-state index contributed by atoms with van der Waals surface area (Å²) in [5.41, 5.74) is 1.82. The monoisotopic (exact) mass is 370 g/mol. The summed E-state index contributed by atoms with van der Waals surface area (Å²) in [5, 5.41) is 2.10. The van der Waals surface area contributed by atoms with Crippen LogP contribution in [0, 0.1) is 0 Å². The van der Waals surface area contributed by atoms with Crippen molar-refractivity contribution < 1.29 is 19.1 Å². The Kier molecular flexibility index (Phi) is 5.87. The summed E-state index contributed by atoms with van der Waals surface area (Å²) >= 11 is 0. The molecule has 0 bridgehead atoms. The quantitative estimate of drug-likeness (QED) is 0.348. The maximum absolute atomic E-state index is 12.4. The van der Waals surface area contributed by atoms with Gasteiger partial charge in [0.1, 0.15) is 5.75 Å². The third kappa shape index (κ3) is 4.35. The van der Waals surface area contributed by atoms with Crippen molar-refractivity contribution in [3.05, 3.63) is 42.5 Å². The average Bonchev–Trinajstić information content (AvgIpc) is 2.72. The molecule has 1 fully saturated rings. The first-order chi connectivity index (χ1) is 13.1. The highest BCUT2D eigenvalue weighted by atomic mass is 16.5. The van der Waals surface area contributed by atoms with E-state index in [1.54, 1.807) is 4.90 Å². The highest BCUT2D eigenvalue weighted by molar-refractivity contribution is 6.34. The highest BCUT2D eigenvalue weighted by Crippen LogP contribution is 2.25. The van der Waals surface area contributed by atoms with Gasteiger partial charge >= 0.3 is 11.8 Å². The Morgan fingerprint density at radius 1 is 0.963 bits per heavy atom. The lowest BCUT2D eigenvalue weighted by molar-refractivity contribution is -0.148. The maximum atomic E-state index is 12.4. The average molecular weight is 370 g/mol. The third-order valence-electron chi connectivity index (χ3n) is 4.57. The Morgan fingerprint density at radius 3 is 2.37 bits per heavy atom. The minimum atomic E-state index is -0.849. The van der Waals surface area contributed by atoms with Crippen LogP contribution in [0.3, 0.4) is 0 Å². The van der Waals surface area contributed by atoms with Gasteiger partial charge in [0.15, 0.2) is 0 Å². The highest BCUT2D eigenvalue weighted by Gasteiger charge is 2.27. The Balaban J connectivity index is 1.48. The molecule has 8 heteroatoms. The number of nitrogens with zero attached hydrogens (tertiary/aromatic N) is 2. The molecule has 0 spiro atoms. The molecular weight excluding hydrogens is 348 g/mol. The van der Waals surface area contributed by atoms with Crippen molar-refractivity contribution >= 4 is 28.5 Å². The number of rotatable bonds is 4. The molecule has 1 heterocycles. The lowest BCUT2D eigenvalue weighted by Crippen LogP contribution is -2.54. The summed E-state index contributed by atoms with van der Waals surface area (Å²) < 4.78 is 5.81. The van der Waals surface area contributed by atoms with Gasteiger partial charge in [0.25, 0.3) is 0 Å². The van der Waals surface area contributed by atoms with Gasteiger partial charge in [-0.25, -0.2) is 5.84 Å². The van der Waals surface area contributed by atoms with E-state index in [0.29, 0.717) is 26.2 Å². The first kappa shape index (κ1) is 18.7. The summed E-state index contributed by atoms with van der Waals surface area (Å²) in [6.45, 7) is 1.67. The fourth-order valence-corrected chi connectivity index (χ4v) is 3.09. The zero-order valence-electron chi connectivity index (χ0n) is 14.9. The molecular formula is C19H22N4O4. The van der Waals surface area contributed by atoms with Crippen LogP contribution in [0.25, 0.3) is 10.8 Å². The predicted molar refractivity (Wildman–Crippen MR) is 99.6 cm³/mol. The molecule has 8 nitrogen and oxygen atoms in total. The lowest BCUT2D eigenvalue weighted by atomic mass is 10.1. The number of piperazine rings is 1. The van der Waals surface area contributed by atoms with E-state index in [-0.39, 0.29) is 18.9 Å². The molecule has 1 saturated heterocycles. The van der Waals surface area contributed by atoms with Crippen LogP contribution in [0.15, 0.2) is 42.5 Å². The van der Waals surface area contributed by atoms with Gasteiger partial charge in [0, 0.05) is 31.6 Å². The fourth-order valence-electron chi connectivity index (χ4n) is 3.09. The minimum Gasteiger partial charge on any atom is -0.492 e. The van der Waals surface area contributed by atoms with E-state index in [1.807, 2.05) is 47.9 Å². The molecule has 142 valence electrons. The smallest absolute Gasteiger partial charge is 0.323 e. The van der Waals surface area contributed by atoms with E-state index in [0.717, 1.165) is 16.5 Å². The number of carbonyl (C=O) groups excluding carboxylic acids is 3. The van der Waals surface area contributed by atoms with E-state index in [1.165, 1.54) is 4.90 Å². The molecule has 3 N–H and O–H groups in total. The number of benzene rings is 2. The normalized spacial score (nSPS) is 14.1. The number of nitrogens with one attached hydrogen (secondary N) is 1. The number of hydrogen-bond donors (Lipinski definition) is 2. The fraction of sp³-hybridized carbons (Fsp3) is 0.316. The first-order valence-electron chi connectivity index (χ1n) is 8.78. The largest absolute Gasteiger partial charge is 0.492 e. The molecule has 0 saturated carbocycles. The van der Waals surface area contributed by atoms with Crippen LogP contribution in [-0.4, -0.2) is 60.3 Å². The van der Waals surface area contributed by atoms with Crippen LogP contribution < -0.4 is 16.0 Å². The second-order valence-corrected chi connectivity index (χ2v) is 6.22. The van der Waals surface area contributed by atoms with Gasteiger partial charge in [-0.3, -0.25) is 19.8 Å². The molecule has 0 unspecified atom stereocenters. The number of carbonyl (C=O) groups is 3. The standard InChI is InChI=1S/C19H22N4O4/c20-21-18(25)19(26)23-11-9-22(10-12-23)17(24)8-13-27-16-7-3-5-14-4-1-2-6-15(14)16/h1-7H,8-13,20H2,(H,21,25). The SMILES string of the molecule is NNC(=O)C(=O)N1CCN(C(=O)CCOc2cccc3ccccc23)CC1. The van der Waals surface area contributed by atoms with Gasteiger partial charge < -0.3 is 14.5 Å². The molecule has 1 aliphatic rings. The molecule has 3 amide bonds. The van der Waals surface area contributed by atoms with Gasteiger partial charge in [-0.15, -0.1) is 0 Å². The second kappa shape index (κ2) is 8.50. The summed E-state index contributed by atoms with van der Waals surface area (Å²) in [6.07, 6.45) is 0.250. The Labute approximate surface area is 156 Å². The van der Waals surface area contributed by atoms with Crippen molar-refractivity contribution in [2.75, 3.05) is 32.8 Å². The second-order valence-electron chi connectivity index (χ2n) is 6.22. The van der Waals surface area contributed by atoms with Crippen molar-refractivity contribution in [3.8, 4) is 5.75 Å². The van der Waals surface area contributed by atoms with Gasteiger partial charge in [-0.05, 0) is 11.5 Å². The van der Waals surface area contributed by atoms with Crippen molar-refractivity contribution in [1.29, 1.82) is 0 Å². The van der Waals surface area contributed by atoms with Crippen molar-refractivity contribution in [2.24, 2.45) is 5.84 Å². The van der Waals surface area contributed by atoms with E-state index in [4.69, 9.17) is 10.6 Å². The molecule has 0 aromatic heterocycles. The number of ether oxygens (including phenoxy) is 1. The van der Waals surface area contributed by atoms with Crippen LogP contribution >= 0.6 is 0 Å². The summed E-state index contributed by atoms with van der Waals surface area (Å²) in [4.78, 5) is 38.4.